The number of ether oxygens (including phenoxy) is 1. The molecule has 2 aromatic carbocycles. The molecule has 1 amide bonds. The maximum atomic E-state index is 12.2. The van der Waals surface area contributed by atoms with Crippen molar-refractivity contribution in [3.8, 4) is 5.75 Å². The van der Waals surface area contributed by atoms with E-state index in [0.29, 0.717) is 22.0 Å². The molecule has 118 valence electrons. The number of nitrogens with one attached hydrogen (secondary N) is 1. The molecule has 1 N–H and O–H groups in total. The summed E-state index contributed by atoms with van der Waals surface area (Å²) in [5, 5.41) is 4.25. The molecule has 0 radical (unpaired) electrons. The van der Waals surface area contributed by atoms with E-state index in [1.165, 1.54) is 0 Å². The molecule has 0 aliphatic rings. The van der Waals surface area contributed by atoms with Crippen LogP contribution in [-0.2, 0) is 11.2 Å². The summed E-state index contributed by atoms with van der Waals surface area (Å²) in [5.41, 5.74) is 3.17. The topological polar surface area (TPSA) is 51.5 Å². The van der Waals surface area contributed by atoms with E-state index in [1.54, 1.807) is 25.5 Å². The number of methoxy groups -OCH3 is 1. The number of benzene rings is 2. The van der Waals surface area contributed by atoms with Crippen LogP contribution in [0.15, 0.2) is 47.1 Å². The molecule has 1 aromatic heterocycles. The molecule has 3 aromatic rings. The highest BCUT2D eigenvalue weighted by molar-refractivity contribution is 6.33. The minimum atomic E-state index is -0.144. The van der Waals surface area contributed by atoms with Gasteiger partial charge < -0.3 is 14.5 Å². The van der Waals surface area contributed by atoms with Gasteiger partial charge in [0.1, 0.15) is 11.3 Å². The molecule has 1 heterocycles. The number of hydrogen-bond donors (Lipinski definition) is 1. The SMILES string of the molecule is COc1ccc2c(CC(=O)Nc3ccc(C)cc3Cl)coc2c1. The van der Waals surface area contributed by atoms with Gasteiger partial charge in [0.05, 0.1) is 30.5 Å². The van der Waals surface area contributed by atoms with Crippen LogP contribution in [0.5, 0.6) is 5.75 Å². The molecule has 4 nitrogen and oxygen atoms in total. The minimum absolute atomic E-state index is 0.144. The average molecular weight is 330 g/mol. The van der Waals surface area contributed by atoms with Gasteiger partial charge in [0, 0.05) is 17.0 Å². The van der Waals surface area contributed by atoms with Gasteiger partial charge in [-0.25, -0.2) is 0 Å². The molecule has 0 aliphatic carbocycles. The zero-order valence-corrected chi connectivity index (χ0v) is 13.6. The Kier molecular flexibility index (Phi) is 4.26. The maximum Gasteiger partial charge on any atom is 0.228 e. The van der Waals surface area contributed by atoms with Gasteiger partial charge in [-0.3, -0.25) is 4.79 Å². The van der Waals surface area contributed by atoms with Gasteiger partial charge in [0.15, 0.2) is 0 Å². The molecule has 5 heteroatoms. The van der Waals surface area contributed by atoms with Gasteiger partial charge in [0.2, 0.25) is 5.91 Å². The summed E-state index contributed by atoms with van der Waals surface area (Å²) < 4.78 is 10.7. The third-order valence-electron chi connectivity index (χ3n) is 3.61. The van der Waals surface area contributed by atoms with Crippen LogP contribution in [0.1, 0.15) is 11.1 Å². The Bertz CT molecular complexity index is 870. The molecule has 0 unspecified atom stereocenters. The van der Waals surface area contributed by atoms with Crippen molar-refractivity contribution >= 4 is 34.2 Å². The Balaban J connectivity index is 1.77. The number of aryl methyl sites for hydroxylation is 1. The van der Waals surface area contributed by atoms with Crippen molar-refractivity contribution in [2.45, 2.75) is 13.3 Å². The molecule has 0 spiro atoms. The Morgan fingerprint density at radius 1 is 1.26 bits per heavy atom. The highest BCUT2D eigenvalue weighted by atomic mass is 35.5. The number of hydrogen-bond acceptors (Lipinski definition) is 3. The third-order valence-corrected chi connectivity index (χ3v) is 3.93. The fourth-order valence-corrected chi connectivity index (χ4v) is 2.70. The molecule has 0 atom stereocenters. The smallest absolute Gasteiger partial charge is 0.228 e. The van der Waals surface area contributed by atoms with Crippen LogP contribution < -0.4 is 10.1 Å². The lowest BCUT2D eigenvalue weighted by Gasteiger charge is -2.07. The molecule has 0 fully saturated rings. The summed E-state index contributed by atoms with van der Waals surface area (Å²) in [5.74, 6) is 0.573. The van der Waals surface area contributed by atoms with Gasteiger partial charge in [-0.2, -0.15) is 0 Å². The first-order valence-electron chi connectivity index (χ1n) is 7.17. The minimum Gasteiger partial charge on any atom is -0.497 e. The van der Waals surface area contributed by atoms with Crippen molar-refractivity contribution in [2.75, 3.05) is 12.4 Å². The Labute approximate surface area is 139 Å². The first-order chi connectivity index (χ1) is 11.1. The molecule has 0 bridgehead atoms. The van der Waals surface area contributed by atoms with Crippen molar-refractivity contribution in [1.82, 2.24) is 0 Å². The molecular formula is C18H16ClNO3. The summed E-state index contributed by atoms with van der Waals surface area (Å²) in [6, 6.07) is 11.1. The second-order valence-electron chi connectivity index (χ2n) is 5.33. The third kappa shape index (κ3) is 3.32. The number of carbonyl (C=O) groups is 1. The Morgan fingerprint density at radius 3 is 2.83 bits per heavy atom. The van der Waals surface area contributed by atoms with Crippen molar-refractivity contribution in [3.63, 3.8) is 0 Å². The monoisotopic (exact) mass is 329 g/mol. The van der Waals surface area contributed by atoms with Crippen LogP contribution in [-0.4, -0.2) is 13.0 Å². The summed E-state index contributed by atoms with van der Waals surface area (Å²) in [4.78, 5) is 12.2. The highest BCUT2D eigenvalue weighted by Gasteiger charge is 2.12. The van der Waals surface area contributed by atoms with Gasteiger partial charge in [-0.1, -0.05) is 17.7 Å². The number of fused-ring (bicyclic) bond motifs is 1. The molecule has 23 heavy (non-hydrogen) atoms. The lowest BCUT2D eigenvalue weighted by atomic mass is 10.1. The number of anilines is 1. The molecule has 0 aliphatic heterocycles. The number of carbonyl (C=O) groups excluding carboxylic acids is 1. The van der Waals surface area contributed by atoms with Crippen LogP contribution in [0.4, 0.5) is 5.69 Å². The van der Waals surface area contributed by atoms with Crippen LogP contribution in [0.2, 0.25) is 5.02 Å². The van der Waals surface area contributed by atoms with E-state index in [0.717, 1.165) is 16.5 Å². The summed E-state index contributed by atoms with van der Waals surface area (Å²) in [6.45, 7) is 1.95. The first-order valence-corrected chi connectivity index (χ1v) is 7.55. The van der Waals surface area contributed by atoms with E-state index in [9.17, 15) is 4.79 Å². The first kappa shape index (κ1) is 15.4. The van der Waals surface area contributed by atoms with Crippen molar-refractivity contribution < 1.29 is 13.9 Å². The fourth-order valence-electron chi connectivity index (χ4n) is 2.42. The second kappa shape index (κ2) is 6.34. The maximum absolute atomic E-state index is 12.2. The summed E-state index contributed by atoms with van der Waals surface area (Å²) >= 11 is 6.14. The van der Waals surface area contributed by atoms with Crippen LogP contribution in [0.25, 0.3) is 11.0 Å². The largest absolute Gasteiger partial charge is 0.497 e. The van der Waals surface area contributed by atoms with Crippen molar-refractivity contribution in [1.29, 1.82) is 0 Å². The van der Waals surface area contributed by atoms with E-state index >= 15 is 0 Å². The van der Waals surface area contributed by atoms with Crippen LogP contribution >= 0.6 is 11.6 Å². The predicted molar refractivity (Wildman–Crippen MR) is 91.3 cm³/mol. The lowest BCUT2D eigenvalue weighted by molar-refractivity contribution is -0.115. The number of amides is 1. The van der Waals surface area contributed by atoms with Gasteiger partial charge in [-0.05, 0) is 36.8 Å². The van der Waals surface area contributed by atoms with Crippen molar-refractivity contribution in [3.05, 3.63) is 58.8 Å². The van der Waals surface area contributed by atoms with Gasteiger partial charge >= 0.3 is 0 Å². The van der Waals surface area contributed by atoms with E-state index in [4.69, 9.17) is 20.8 Å². The number of rotatable bonds is 4. The zero-order valence-electron chi connectivity index (χ0n) is 12.9. The van der Waals surface area contributed by atoms with Gasteiger partial charge in [-0.15, -0.1) is 0 Å². The average Bonchev–Trinajstić information content (AvgIpc) is 2.92. The Morgan fingerprint density at radius 2 is 2.09 bits per heavy atom. The number of furan rings is 1. The Hall–Kier alpha value is -2.46. The normalized spacial score (nSPS) is 10.7. The summed E-state index contributed by atoms with van der Waals surface area (Å²) in [7, 11) is 1.60. The highest BCUT2D eigenvalue weighted by Crippen LogP contribution is 2.27. The summed E-state index contributed by atoms with van der Waals surface area (Å²) in [6.07, 6.45) is 1.81. The molecule has 3 rings (SSSR count). The fraction of sp³-hybridized carbons (Fsp3) is 0.167. The molecule has 0 saturated heterocycles. The standard InChI is InChI=1S/C18H16ClNO3/c1-11-3-6-16(15(19)7-11)20-18(21)8-12-10-23-17-9-13(22-2)4-5-14(12)17/h3-7,9-10H,8H2,1-2H3,(H,20,21). The van der Waals surface area contributed by atoms with E-state index in [2.05, 4.69) is 5.32 Å². The van der Waals surface area contributed by atoms with Crippen LogP contribution in [0, 0.1) is 6.92 Å². The van der Waals surface area contributed by atoms with Gasteiger partial charge in [0.25, 0.3) is 0 Å². The van der Waals surface area contributed by atoms with Crippen molar-refractivity contribution in [2.24, 2.45) is 0 Å². The molecular weight excluding hydrogens is 314 g/mol. The number of halogens is 1. The van der Waals surface area contributed by atoms with E-state index < -0.39 is 0 Å². The quantitative estimate of drug-likeness (QED) is 0.762. The zero-order chi connectivity index (χ0) is 16.4. The molecule has 0 saturated carbocycles. The van der Waals surface area contributed by atoms with Crippen LogP contribution in [0.3, 0.4) is 0 Å². The second-order valence-corrected chi connectivity index (χ2v) is 5.74. The van der Waals surface area contributed by atoms with E-state index in [1.807, 2.05) is 31.2 Å². The predicted octanol–water partition coefficient (Wildman–Crippen LogP) is 4.58. The van der Waals surface area contributed by atoms with E-state index in [-0.39, 0.29) is 12.3 Å². The lowest BCUT2D eigenvalue weighted by Crippen LogP contribution is -2.14.